The number of aromatic nitrogens is 3. The Morgan fingerprint density at radius 3 is 2.44 bits per heavy atom. The maximum Gasteiger partial charge on any atom is 0.418 e. The number of H-pyrrole nitrogens is 1. The summed E-state index contributed by atoms with van der Waals surface area (Å²) in [5, 5.41) is 0.672. The second-order valence-electron chi connectivity index (χ2n) is 8.47. The number of nitrogens with one attached hydrogen (secondary N) is 1. The van der Waals surface area contributed by atoms with Crippen molar-refractivity contribution in [3.63, 3.8) is 0 Å². The van der Waals surface area contributed by atoms with Crippen LogP contribution in [0, 0.1) is 6.92 Å². The van der Waals surface area contributed by atoms with E-state index in [4.69, 9.17) is 0 Å². The van der Waals surface area contributed by atoms with Gasteiger partial charge in [0.2, 0.25) is 0 Å². The first kappa shape index (κ1) is 24.3. The standard InChI is InChI=1S/C24H18F6N4OS/c1-12-31-19(20(36-12)13-6-3-2-4-7-13)22(35)34-9-5-8-17(34)21-32-16-11-14(23(25,26)27)10-15(18(16)33-21)24(28,29)30/h2-4,6-7,10-11,17H,5,8-9H2,1H3,(H,32,33). The lowest BCUT2D eigenvalue weighted by Gasteiger charge is -2.22. The first-order valence-corrected chi connectivity index (χ1v) is 11.8. The van der Waals surface area contributed by atoms with Crippen LogP contribution in [0.25, 0.3) is 21.5 Å². The van der Waals surface area contributed by atoms with Crippen molar-refractivity contribution < 1.29 is 31.1 Å². The number of fused-ring (bicyclic) bond motifs is 1. The number of halogens is 6. The van der Waals surface area contributed by atoms with Crippen molar-refractivity contribution >= 4 is 28.3 Å². The zero-order valence-electron chi connectivity index (χ0n) is 18.7. The number of alkyl halides is 6. The molecule has 1 amide bonds. The van der Waals surface area contributed by atoms with Gasteiger partial charge in [0, 0.05) is 6.54 Å². The van der Waals surface area contributed by atoms with Gasteiger partial charge in [-0.3, -0.25) is 4.79 Å². The topological polar surface area (TPSA) is 61.9 Å². The SMILES string of the molecule is Cc1nc(C(=O)N2CCCC2c2nc3c(C(F)(F)F)cc(C(F)(F)F)cc3[nH]2)c(-c2ccccc2)s1. The maximum atomic E-state index is 13.6. The highest BCUT2D eigenvalue weighted by molar-refractivity contribution is 7.15. The minimum absolute atomic E-state index is 0.00823. The molecule has 0 aliphatic carbocycles. The fraction of sp³-hybridized carbons (Fsp3) is 0.292. The molecule has 1 fully saturated rings. The first-order valence-electron chi connectivity index (χ1n) is 11.0. The maximum absolute atomic E-state index is 13.6. The Balaban J connectivity index is 1.56. The summed E-state index contributed by atoms with van der Waals surface area (Å²) in [5.41, 5.74) is -2.88. The number of aromatic amines is 1. The van der Waals surface area contributed by atoms with E-state index in [-0.39, 0.29) is 23.1 Å². The van der Waals surface area contributed by atoms with E-state index in [1.54, 1.807) is 6.92 Å². The number of rotatable bonds is 3. The molecule has 0 spiro atoms. The molecule has 12 heteroatoms. The van der Waals surface area contributed by atoms with E-state index in [1.165, 1.54) is 16.2 Å². The van der Waals surface area contributed by atoms with Gasteiger partial charge >= 0.3 is 12.4 Å². The van der Waals surface area contributed by atoms with Crippen LogP contribution in [-0.2, 0) is 12.4 Å². The number of hydrogen-bond donors (Lipinski definition) is 1. The summed E-state index contributed by atoms with van der Waals surface area (Å²) >= 11 is 1.35. The first-order chi connectivity index (χ1) is 16.9. The smallest absolute Gasteiger partial charge is 0.340 e. The number of imidazole rings is 1. The Hall–Kier alpha value is -3.41. The normalized spacial score (nSPS) is 16.8. The van der Waals surface area contributed by atoms with E-state index in [9.17, 15) is 31.1 Å². The van der Waals surface area contributed by atoms with E-state index >= 15 is 0 Å². The van der Waals surface area contributed by atoms with Crippen LogP contribution in [0.1, 0.15) is 51.3 Å². The van der Waals surface area contributed by atoms with Gasteiger partial charge < -0.3 is 9.88 Å². The molecular formula is C24H18F6N4OS. The number of aryl methyl sites for hydroxylation is 1. The van der Waals surface area contributed by atoms with Gasteiger partial charge in [-0.25, -0.2) is 9.97 Å². The number of benzene rings is 2. The van der Waals surface area contributed by atoms with Crippen molar-refractivity contribution in [1.29, 1.82) is 0 Å². The van der Waals surface area contributed by atoms with E-state index in [2.05, 4.69) is 15.0 Å². The fourth-order valence-corrected chi connectivity index (χ4v) is 5.38. The van der Waals surface area contributed by atoms with Gasteiger partial charge in [0.25, 0.3) is 5.91 Å². The second kappa shape index (κ2) is 8.61. The molecule has 1 saturated heterocycles. The van der Waals surface area contributed by atoms with E-state index in [0.29, 0.717) is 35.3 Å². The molecule has 4 aromatic rings. The number of carbonyl (C=O) groups excluding carboxylic acids is 1. The molecule has 3 heterocycles. The summed E-state index contributed by atoms with van der Waals surface area (Å²) in [6.45, 7) is 2.08. The lowest BCUT2D eigenvalue weighted by molar-refractivity contribution is -0.142. The van der Waals surface area contributed by atoms with Crippen LogP contribution in [0.15, 0.2) is 42.5 Å². The van der Waals surface area contributed by atoms with Gasteiger partial charge in [-0.1, -0.05) is 30.3 Å². The Morgan fingerprint density at radius 2 is 1.78 bits per heavy atom. The minimum Gasteiger partial charge on any atom is -0.340 e. The Labute approximate surface area is 204 Å². The number of carbonyl (C=O) groups is 1. The molecule has 1 unspecified atom stereocenters. The van der Waals surface area contributed by atoms with Gasteiger partial charge in [-0.2, -0.15) is 26.3 Å². The number of thiazole rings is 1. The molecule has 188 valence electrons. The Kier molecular flexibility index (Phi) is 5.81. The van der Waals surface area contributed by atoms with Gasteiger partial charge in [0.1, 0.15) is 17.0 Å². The number of amides is 1. The molecule has 1 aliphatic rings. The predicted octanol–water partition coefficient (Wildman–Crippen LogP) is 7.01. The third kappa shape index (κ3) is 4.34. The summed E-state index contributed by atoms with van der Waals surface area (Å²) in [7, 11) is 0. The Bertz CT molecular complexity index is 1440. The second-order valence-corrected chi connectivity index (χ2v) is 9.67. The fourth-order valence-electron chi connectivity index (χ4n) is 4.46. The highest BCUT2D eigenvalue weighted by atomic mass is 32.1. The van der Waals surface area contributed by atoms with Gasteiger partial charge in [0.05, 0.1) is 32.6 Å². The van der Waals surface area contributed by atoms with Crippen LogP contribution in [0.2, 0.25) is 0 Å². The van der Waals surface area contributed by atoms with Crippen LogP contribution >= 0.6 is 11.3 Å². The summed E-state index contributed by atoms with van der Waals surface area (Å²) in [6.07, 6.45) is -9.06. The third-order valence-corrected chi connectivity index (χ3v) is 7.06. The van der Waals surface area contributed by atoms with Gasteiger partial charge in [0.15, 0.2) is 0 Å². The van der Waals surface area contributed by atoms with E-state index < -0.39 is 40.9 Å². The van der Waals surface area contributed by atoms with Gasteiger partial charge in [-0.05, 0) is 37.5 Å². The molecule has 2 aromatic heterocycles. The molecule has 0 saturated carbocycles. The lowest BCUT2D eigenvalue weighted by atomic mass is 10.1. The molecule has 1 atom stereocenters. The monoisotopic (exact) mass is 524 g/mol. The highest BCUT2D eigenvalue weighted by Gasteiger charge is 2.40. The molecular weight excluding hydrogens is 506 g/mol. The van der Waals surface area contributed by atoms with Crippen molar-refractivity contribution in [3.8, 4) is 10.4 Å². The zero-order chi connectivity index (χ0) is 25.8. The molecule has 0 radical (unpaired) electrons. The highest BCUT2D eigenvalue weighted by Crippen LogP contribution is 2.41. The van der Waals surface area contributed by atoms with Crippen molar-refractivity contribution in [2.24, 2.45) is 0 Å². The summed E-state index contributed by atoms with van der Waals surface area (Å²) in [6, 6.07) is 9.15. The molecule has 0 bridgehead atoms. The average molecular weight is 524 g/mol. The molecule has 1 N–H and O–H groups in total. The molecule has 5 rings (SSSR count). The van der Waals surface area contributed by atoms with Crippen LogP contribution in [0.5, 0.6) is 0 Å². The summed E-state index contributed by atoms with van der Waals surface area (Å²) in [5.74, 6) is -0.401. The van der Waals surface area contributed by atoms with Crippen LogP contribution in [-0.4, -0.2) is 32.3 Å². The Morgan fingerprint density at radius 1 is 1.06 bits per heavy atom. The van der Waals surface area contributed by atoms with Crippen LogP contribution in [0.4, 0.5) is 26.3 Å². The lowest BCUT2D eigenvalue weighted by Crippen LogP contribution is -2.31. The van der Waals surface area contributed by atoms with Crippen molar-refractivity contribution in [2.75, 3.05) is 6.54 Å². The molecule has 1 aliphatic heterocycles. The number of nitrogens with zero attached hydrogens (tertiary/aromatic N) is 3. The zero-order valence-corrected chi connectivity index (χ0v) is 19.5. The van der Waals surface area contributed by atoms with Crippen molar-refractivity contribution in [3.05, 3.63) is 70.1 Å². The van der Waals surface area contributed by atoms with Crippen LogP contribution in [0.3, 0.4) is 0 Å². The van der Waals surface area contributed by atoms with E-state index in [1.807, 2.05) is 30.3 Å². The van der Waals surface area contributed by atoms with Crippen molar-refractivity contribution in [1.82, 2.24) is 19.9 Å². The summed E-state index contributed by atoms with van der Waals surface area (Å²) < 4.78 is 80.6. The van der Waals surface area contributed by atoms with Gasteiger partial charge in [-0.15, -0.1) is 11.3 Å². The average Bonchev–Trinajstić information content (AvgIpc) is 3.54. The van der Waals surface area contributed by atoms with E-state index in [0.717, 1.165) is 5.56 Å². The molecule has 2 aromatic carbocycles. The summed E-state index contributed by atoms with van der Waals surface area (Å²) in [4.78, 5) is 26.8. The minimum atomic E-state index is -5.04. The predicted molar refractivity (Wildman–Crippen MR) is 121 cm³/mol. The van der Waals surface area contributed by atoms with Crippen LogP contribution < -0.4 is 0 Å². The largest absolute Gasteiger partial charge is 0.418 e. The third-order valence-electron chi connectivity index (χ3n) is 6.04. The number of hydrogen-bond acceptors (Lipinski definition) is 4. The number of likely N-dealkylation sites (tertiary alicyclic amines) is 1. The van der Waals surface area contributed by atoms with Crippen molar-refractivity contribution in [2.45, 2.75) is 38.2 Å². The quantitative estimate of drug-likeness (QED) is 0.293. The molecule has 36 heavy (non-hydrogen) atoms. The molecule has 5 nitrogen and oxygen atoms in total.